The third kappa shape index (κ3) is 1.54. The van der Waals surface area contributed by atoms with E-state index in [-0.39, 0.29) is 11.5 Å². The number of benzene rings is 1. The number of aromatic hydroxyl groups is 2. The summed E-state index contributed by atoms with van der Waals surface area (Å²) in [5.74, 6) is -0.427. The van der Waals surface area contributed by atoms with Crippen LogP contribution >= 0.6 is 0 Å². The Morgan fingerprint density at radius 1 is 1.20 bits per heavy atom. The van der Waals surface area contributed by atoms with Gasteiger partial charge in [-0.15, -0.1) is 0 Å². The summed E-state index contributed by atoms with van der Waals surface area (Å²) < 4.78 is 0. The third-order valence-corrected chi connectivity index (χ3v) is 2.07. The van der Waals surface area contributed by atoms with E-state index in [9.17, 15) is 10.2 Å². The van der Waals surface area contributed by atoms with Crippen LogP contribution in [0.2, 0.25) is 0 Å². The largest absolute Gasteiger partial charge is 0.504 e. The van der Waals surface area contributed by atoms with Crippen LogP contribution in [0.15, 0.2) is 29.6 Å². The van der Waals surface area contributed by atoms with Crippen LogP contribution < -0.4 is 0 Å². The summed E-state index contributed by atoms with van der Waals surface area (Å²) in [6.45, 7) is 0. The van der Waals surface area contributed by atoms with Crippen molar-refractivity contribution in [2.75, 3.05) is 0 Å². The van der Waals surface area contributed by atoms with Crippen LogP contribution in [0.25, 0.3) is 10.8 Å². The summed E-state index contributed by atoms with van der Waals surface area (Å²) in [7, 11) is 0. The third-order valence-electron chi connectivity index (χ3n) is 2.07. The molecule has 0 aliphatic rings. The summed E-state index contributed by atoms with van der Waals surface area (Å²) in [5, 5.41) is 31.2. The van der Waals surface area contributed by atoms with Gasteiger partial charge in [0.15, 0.2) is 11.5 Å². The van der Waals surface area contributed by atoms with Gasteiger partial charge in [0, 0.05) is 11.6 Å². The molecule has 0 amide bonds. The molecule has 5 nitrogen and oxygen atoms in total. The summed E-state index contributed by atoms with van der Waals surface area (Å²) in [4.78, 5) is 3.97. The molecular formula is C10H8N2O3. The Bertz CT molecular complexity index is 537. The Kier molecular flexibility index (Phi) is 2.13. The molecule has 0 spiro atoms. The van der Waals surface area contributed by atoms with Crippen LogP contribution in [0, 0.1) is 0 Å². The molecule has 0 unspecified atom stereocenters. The van der Waals surface area contributed by atoms with Gasteiger partial charge in [0.1, 0.15) is 0 Å². The number of rotatable bonds is 1. The van der Waals surface area contributed by atoms with E-state index < -0.39 is 0 Å². The fraction of sp³-hybridized carbons (Fsp3) is 0. The average Bonchev–Trinajstić information content (AvgIpc) is 2.21. The molecule has 2 aromatic rings. The second kappa shape index (κ2) is 3.45. The SMILES string of the molecule is ON=Cc1nccc2cc(O)c(O)cc12. The van der Waals surface area contributed by atoms with E-state index in [0.29, 0.717) is 16.5 Å². The van der Waals surface area contributed by atoms with Crippen LogP contribution in [-0.2, 0) is 0 Å². The maximum atomic E-state index is 9.33. The summed E-state index contributed by atoms with van der Waals surface area (Å²) in [6.07, 6.45) is 2.69. The number of fused-ring (bicyclic) bond motifs is 1. The number of phenols is 2. The Morgan fingerprint density at radius 3 is 2.67 bits per heavy atom. The lowest BCUT2D eigenvalue weighted by atomic mass is 10.1. The van der Waals surface area contributed by atoms with Gasteiger partial charge in [-0.25, -0.2) is 0 Å². The molecule has 1 heterocycles. The van der Waals surface area contributed by atoms with Gasteiger partial charge in [-0.2, -0.15) is 0 Å². The first kappa shape index (κ1) is 9.26. The van der Waals surface area contributed by atoms with Gasteiger partial charge >= 0.3 is 0 Å². The highest BCUT2D eigenvalue weighted by Gasteiger charge is 2.05. The molecule has 0 radical (unpaired) electrons. The minimum Gasteiger partial charge on any atom is -0.504 e. The molecule has 76 valence electrons. The van der Waals surface area contributed by atoms with Crippen molar-refractivity contribution < 1.29 is 15.4 Å². The molecule has 15 heavy (non-hydrogen) atoms. The predicted molar refractivity (Wildman–Crippen MR) is 54.5 cm³/mol. The molecule has 2 rings (SSSR count). The van der Waals surface area contributed by atoms with Gasteiger partial charge in [-0.3, -0.25) is 4.98 Å². The van der Waals surface area contributed by atoms with Gasteiger partial charge in [0.05, 0.1) is 11.9 Å². The monoisotopic (exact) mass is 204 g/mol. The van der Waals surface area contributed by atoms with Crippen LogP contribution in [0.4, 0.5) is 0 Å². The molecule has 5 heteroatoms. The van der Waals surface area contributed by atoms with E-state index >= 15 is 0 Å². The normalized spacial score (nSPS) is 11.2. The van der Waals surface area contributed by atoms with E-state index in [2.05, 4.69) is 10.1 Å². The number of pyridine rings is 1. The van der Waals surface area contributed by atoms with Crippen molar-refractivity contribution in [1.82, 2.24) is 4.98 Å². The van der Waals surface area contributed by atoms with Gasteiger partial charge in [-0.05, 0) is 23.6 Å². The molecule has 1 aromatic carbocycles. The molecule has 0 atom stereocenters. The lowest BCUT2D eigenvalue weighted by molar-refractivity contribution is 0.321. The molecular weight excluding hydrogens is 196 g/mol. The molecule has 0 fully saturated rings. The Labute approximate surface area is 84.9 Å². The zero-order chi connectivity index (χ0) is 10.8. The minimum atomic E-state index is -0.233. The van der Waals surface area contributed by atoms with E-state index in [4.69, 9.17) is 5.21 Å². The Morgan fingerprint density at radius 2 is 1.93 bits per heavy atom. The predicted octanol–water partition coefficient (Wildman–Crippen LogP) is 1.45. The molecule has 0 saturated heterocycles. The van der Waals surface area contributed by atoms with Crippen molar-refractivity contribution in [3.05, 3.63) is 30.1 Å². The summed E-state index contributed by atoms with van der Waals surface area (Å²) in [5.41, 5.74) is 0.422. The number of nitrogens with zero attached hydrogens (tertiary/aromatic N) is 2. The number of phenolic OH excluding ortho intramolecular Hbond substituents is 2. The second-order valence-electron chi connectivity index (χ2n) is 3.00. The quantitative estimate of drug-likeness (QED) is 0.284. The van der Waals surface area contributed by atoms with Crippen LogP contribution in [0.3, 0.4) is 0 Å². The van der Waals surface area contributed by atoms with E-state index in [0.717, 1.165) is 0 Å². The highest BCUT2D eigenvalue weighted by molar-refractivity contribution is 5.98. The van der Waals surface area contributed by atoms with Crippen LogP contribution in [0.5, 0.6) is 11.5 Å². The van der Waals surface area contributed by atoms with Gasteiger partial charge in [0.25, 0.3) is 0 Å². The van der Waals surface area contributed by atoms with E-state index in [1.165, 1.54) is 24.5 Å². The summed E-state index contributed by atoms with van der Waals surface area (Å²) >= 11 is 0. The first-order chi connectivity index (χ1) is 7.22. The molecule has 0 saturated carbocycles. The van der Waals surface area contributed by atoms with Crippen LogP contribution in [-0.4, -0.2) is 26.6 Å². The molecule has 0 bridgehead atoms. The van der Waals surface area contributed by atoms with Crippen molar-refractivity contribution in [3.8, 4) is 11.5 Å². The second-order valence-corrected chi connectivity index (χ2v) is 3.00. The van der Waals surface area contributed by atoms with Gasteiger partial charge in [-0.1, -0.05) is 5.16 Å². The highest BCUT2D eigenvalue weighted by atomic mass is 16.4. The van der Waals surface area contributed by atoms with Crippen molar-refractivity contribution >= 4 is 17.0 Å². The number of hydrogen-bond acceptors (Lipinski definition) is 5. The van der Waals surface area contributed by atoms with Crippen molar-refractivity contribution in [1.29, 1.82) is 0 Å². The molecule has 1 aromatic heterocycles. The van der Waals surface area contributed by atoms with E-state index in [1.54, 1.807) is 6.07 Å². The molecule has 3 N–H and O–H groups in total. The van der Waals surface area contributed by atoms with E-state index in [1.807, 2.05) is 0 Å². The molecule has 0 aliphatic carbocycles. The standard InChI is InChI=1S/C10H8N2O3/c13-9-3-6-1-2-11-8(5-12-15)7(6)4-10(9)14/h1-5,13-15H. The lowest BCUT2D eigenvalue weighted by Gasteiger charge is -2.03. The van der Waals surface area contributed by atoms with Crippen molar-refractivity contribution in [3.63, 3.8) is 0 Å². The zero-order valence-electron chi connectivity index (χ0n) is 7.62. The van der Waals surface area contributed by atoms with Crippen LogP contribution in [0.1, 0.15) is 5.69 Å². The Hall–Kier alpha value is -2.30. The smallest absolute Gasteiger partial charge is 0.158 e. The minimum absolute atomic E-state index is 0.194. The Balaban J connectivity index is 2.79. The lowest BCUT2D eigenvalue weighted by Crippen LogP contribution is -1.89. The fourth-order valence-corrected chi connectivity index (χ4v) is 1.38. The fourth-order valence-electron chi connectivity index (χ4n) is 1.38. The van der Waals surface area contributed by atoms with Crippen molar-refractivity contribution in [2.24, 2.45) is 5.16 Å². The highest BCUT2D eigenvalue weighted by Crippen LogP contribution is 2.30. The van der Waals surface area contributed by atoms with Gasteiger partial charge < -0.3 is 15.4 Å². The zero-order valence-corrected chi connectivity index (χ0v) is 7.62. The van der Waals surface area contributed by atoms with Gasteiger partial charge in [0.2, 0.25) is 0 Å². The average molecular weight is 204 g/mol. The summed E-state index contributed by atoms with van der Waals surface area (Å²) in [6, 6.07) is 4.47. The number of oxime groups is 1. The maximum absolute atomic E-state index is 9.33. The topological polar surface area (TPSA) is 85.9 Å². The first-order valence-electron chi connectivity index (χ1n) is 4.20. The first-order valence-corrected chi connectivity index (χ1v) is 4.20. The number of hydrogen-bond donors (Lipinski definition) is 3. The maximum Gasteiger partial charge on any atom is 0.158 e. The van der Waals surface area contributed by atoms with Crippen molar-refractivity contribution in [2.45, 2.75) is 0 Å². The number of aromatic nitrogens is 1. The molecule has 0 aliphatic heterocycles.